The van der Waals surface area contributed by atoms with Crippen LogP contribution in [0.5, 0.6) is 5.75 Å². The molecule has 0 radical (unpaired) electrons. The zero-order chi connectivity index (χ0) is 20.8. The zero-order valence-electron chi connectivity index (χ0n) is 15.7. The van der Waals surface area contributed by atoms with Gasteiger partial charge in [-0.15, -0.1) is 0 Å². The molecule has 0 fully saturated rings. The number of carbonyl (C=O) groups excluding carboxylic acids is 2. The van der Waals surface area contributed by atoms with E-state index in [1.807, 2.05) is 6.92 Å². The van der Waals surface area contributed by atoms with E-state index in [1.165, 1.54) is 4.57 Å². The Morgan fingerprint density at radius 2 is 1.76 bits per heavy atom. The van der Waals surface area contributed by atoms with E-state index in [1.54, 1.807) is 48.5 Å². The lowest BCUT2D eigenvalue weighted by Crippen LogP contribution is -2.34. The number of para-hydroxylation sites is 1. The molecule has 0 saturated carbocycles. The molecule has 0 aliphatic rings. The summed E-state index contributed by atoms with van der Waals surface area (Å²) < 4.78 is 6.55. The molecular weight excluding hydrogens is 376 g/mol. The minimum atomic E-state index is -0.655. The number of hydrogen-bond acceptors (Lipinski definition) is 5. The van der Waals surface area contributed by atoms with Crippen molar-refractivity contribution in [3.05, 3.63) is 69.4 Å². The van der Waals surface area contributed by atoms with Gasteiger partial charge in [0.2, 0.25) is 5.91 Å². The van der Waals surface area contributed by atoms with E-state index in [-0.39, 0.29) is 19.1 Å². The second kappa shape index (κ2) is 8.87. The number of anilines is 1. The van der Waals surface area contributed by atoms with Crippen molar-refractivity contribution in [2.45, 2.75) is 13.5 Å². The third kappa shape index (κ3) is 4.89. The van der Waals surface area contributed by atoms with Gasteiger partial charge in [0.1, 0.15) is 12.3 Å². The SMILES string of the molecule is CCNC(=O)COc1ccc(NC(=O)Cn2c(=O)[nH]c(=O)c3ccccc32)cc1. The Labute approximate surface area is 165 Å². The van der Waals surface area contributed by atoms with Gasteiger partial charge < -0.3 is 15.4 Å². The molecule has 9 heteroatoms. The second-order valence-electron chi connectivity index (χ2n) is 6.18. The molecule has 3 rings (SSSR count). The summed E-state index contributed by atoms with van der Waals surface area (Å²) in [6, 6.07) is 13.1. The van der Waals surface area contributed by atoms with Gasteiger partial charge in [0, 0.05) is 12.2 Å². The molecule has 150 valence electrons. The lowest BCUT2D eigenvalue weighted by molar-refractivity contribution is -0.123. The van der Waals surface area contributed by atoms with Crippen LogP contribution in [-0.4, -0.2) is 34.5 Å². The number of carbonyl (C=O) groups is 2. The van der Waals surface area contributed by atoms with Crippen molar-refractivity contribution in [1.82, 2.24) is 14.9 Å². The van der Waals surface area contributed by atoms with E-state index < -0.39 is 17.2 Å². The Kier molecular flexibility index (Phi) is 6.08. The monoisotopic (exact) mass is 396 g/mol. The Morgan fingerprint density at radius 3 is 2.48 bits per heavy atom. The molecule has 3 aromatic rings. The number of fused-ring (bicyclic) bond motifs is 1. The topological polar surface area (TPSA) is 122 Å². The lowest BCUT2D eigenvalue weighted by Gasteiger charge is -2.11. The fourth-order valence-electron chi connectivity index (χ4n) is 2.78. The molecule has 0 saturated heterocycles. The van der Waals surface area contributed by atoms with Gasteiger partial charge in [-0.1, -0.05) is 12.1 Å². The van der Waals surface area contributed by atoms with Gasteiger partial charge >= 0.3 is 5.69 Å². The summed E-state index contributed by atoms with van der Waals surface area (Å²) in [4.78, 5) is 50.0. The summed E-state index contributed by atoms with van der Waals surface area (Å²) in [5.74, 6) is -0.166. The highest BCUT2D eigenvalue weighted by Gasteiger charge is 2.11. The van der Waals surface area contributed by atoms with E-state index >= 15 is 0 Å². The van der Waals surface area contributed by atoms with Crippen molar-refractivity contribution in [3.8, 4) is 5.75 Å². The number of aromatic amines is 1. The lowest BCUT2D eigenvalue weighted by atomic mass is 10.2. The quantitative estimate of drug-likeness (QED) is 0.546. The van der Waals surface area contributed by atoms with Crippen molar-refractivity contribution < 1.29 is 14.3 Å². The van der Waals surface area contributed by atoms with Crippen LogP contribution in [0, 0.1) is 0 Å². The Morgan fingerprint density at radius 1 is 1.03 bits per heavy atom. The molecule has 0 aliphatic carbocycles. The van der Waals surface area contributed by atoms with Gasteiger partial charge in [0.15, 0.2) is 6.61 Å². The molecule has 0 bridgehead atoms. The average Bonchev–Trinajstić information content (AvgIpc) is 2.71. The highest BCUT2D eigenvalue weighted by atomic mass is 16.5. The fraction of sp³-hybridized carbons (Fsp3) is 0.200. The Balaban J connectivity index is 1.67. The summed E-state index contributed by atoms with van der Waals surface area (Å²) in [5.41, 5.74) is -0.268. The van der Waals surface area contributed by atoms with Gasteiger partial charge in [0.25, 0.3) is 11.5 Å². The molecule has 9 nitrogen and oxygen atoms in total. The molecule has 0 unspecified atom stereocenters. The van der Waals surface area contributed by atoms with Gasteiger partial charge in [-0.2, -0.15) is 0 Å². The summed E-state index contributed by atoms with van der Waals surface area (Å²) in [5, 5.41) is 5.64. The third-order valence-electron chi connectivity index (χ3n) is 4.09. The van der Waals surface area contributed by atoms with Crippen LogP contribution in [0.2, 0.25) is 0 Å². The van der Waals surface area contributed by atoms with Crippen LogP contribution in [0.1, 0.15) is 6.92 Å². The van der Waals surface area contributed by atoms with E-state index in [9.17, 15) is 19.2 Å². The number of aromatic nitrogens is 2. The van der Waals surface area contributed by atoms with Crippen LogP contribution in [0.3, 0.4) is 0 Å². The number of nitrogens with zero attached hydrogens (tertiary/aromatic N) is 1. The van der Waals surface area contributed by atoms with Gasteiger partial charge in [-0.05, 0) is 43.3 Å². The molecule has 0 aliphatic heterocycles. The molecule has 3 N–H and O–H groups in total. The van der Waals surface area contributed by atoms with E-state index in [2.05, 4.69) is 15.6 Å². The number of nitrogens with one attached hydrogen (secondary N) is 3. The smallest absolute Gasteiger partial charge is 0.329 e. The molecular formula is C20H20N4O5. The van der Waals surface area contributed by atoms with E-state index in [4.69, 9.17) is 4.74 Å². The van der Waals surface area contributed by atoms with Crippen molar-refractivity contribution in [1.29, 1.82) is 0 Å². The molecule has 2 amide bonds. The van der Waals surface area contributed by atoms with Crippen LogP contribution >= 0.6 is 0 Å². The summed E-state index contributed by atoms with van der Waals surface area (Å²) in [7, 11) is 0. The van der Waals surface area contributed by atoms with Crippen molar-refractivity contribution >= 4 is 28.4 Å². The second-order valence-corrected chi connectivity index (χ2v) is 6.18. The van der Waals surface area contributed by atoms with Crippen molar-refractivity contribution in [3.63, 3.8) is 0 Å². The van der Waals surface area contributed by atoms with Crippen LogP contribution < -0.4 is 26.6 Å². The van der Waals surface area contributed by atoms with E-state index in [0.29, 0.717) is 28.9 Å². The minimum absolute atomic E-state index is 0.0955. The highest BCUT2D eigenvalue weighted by Crippen LogP contribution is 2.16. The van der Waals surface area contributed by atoms with Gasteiger partial charge in [0.05, 0.1) is 10.9 Å². The molecule has 1 heterocycles. The summed E-state index contributed by atoms with van der Waals surface area (Å²) in [6.45, 7) is 1.99. The number of H-pyrrole nitrogens is 1. The van der Waals surface area contributed by atoms with Crippen molar-refractivity contribution in [2.24, 2.45) is 0 Å². The summed E-state index contributed by atoms with van der Waals surface area (Å²) in [6.07, 6.45) is 0. The highest BCUT2D eigenvalue weighted by molar-refractivity contribution is 5.91. The first-order chi connectivity index (χ1) is 14.0. The number of likely N-dealkylation sites (N-methyl/N-ethyl adjacent to an activating group) is 1. The van der Waals surface area contributed by atoms with Crippen LogP contribution in [0.25, 0.3) is 10.9 Å². The maximum atomic E-state index is 12.4. The predicted molar refractivity (Wildman–Crippen MR) is 108 cm³/mol. The van der Waals surface area contributed by atoms with Crippen LogP contribution in [0.4, 0.5) is 5.69 Å². The standard InChI is InChI=1S/C20H20N4O5/c1-2-21-18(26)12-29-14-9-7-13(8-10-14)22-17(25)11-24-16-6-4-3-5-15(16)19(27)23-20(24)28/h3-10H,2,11-12H2,1H3,(H,21,26)(H,22,25)(H,23,27,28). The molecule has 0 atom stereocenters. The third-order valence-corrected chi connectivity index (χ3v) is 4.09. The van der Waals surface area contributed by atoms with Crippen LogP contribution in [-0.2, 0) is 16.1 Å². The maximum Gasteiger partial charge on any atom is 0.329 e. The van der Waals surface area contributed by atoms with Gasteiger partial charge in [-0.3, -0.25) is 23.9 Å². The Bertz CT molecular complexity index is 1150. The minimum Gasteiger partial charge on any atom is -0.484 e. The largest absolute Gasteiger partial charge is 0.484 e. The number of benzene rings is 2. The normalized spacial score (nSPS) is 10.5. The fourth-order valence-corrected chi connectivity index (χ4v) is 2.78. The zero-order valence-corrected chi connectivity index (χ0v) is 15.7. The predicted octanol–water partition coefficient (Wildman–Crippen LogP) is 0.843. The molecule has 2 aromatic carbocycles. The number of amides is 2. The summed E-state index contributed by atoms with van der Waals surface area (Å²) >= 11 is 0. The Hall–Kier alpha value is -3.88. The first-order valence-electron chi connectivity index (χ1n) is 8.99. The first-order valence-corrected chi connectivity index (χ1v) is 8.99. The molecule has 1 aromatic heterocycles. The first kappa shape index (κ1) is 19.9. The molecule has 29 heavy (non-hydrogen) atoms. The average molecular weight is 396 g/mol. The van der Waals surface area contributed by atoms with E-state index in [0.717, 1.165) is 0 Å². The number of ether oxygens (including phenoxy) is 1. The van der Waals surface area contributed by atoms with Gasteiger partial charge in [-0.25, -0.2) is 4.79 Å². The molecule has 0 spiro atoms. The maximum absolute atomic E-state index is 12.4. The number of rotatable bonds is 7. The van der Waals surface area contributed by atoms with Crippen LogP contribution in [0.15, 0.2) is 58.1 Å². The number of hydrogen-bond donors (Lipinski definition) is 3. The van der Waals surface area contributed by atoms with Crippen molar-refractivity contribution in [2.75, 3.05) is 18.5 Å².